The molecule has 0 aromatic heterocycles. The maximum atomic E-state index is 13.5. The zero-order chi connectivity index (χ0) is 26.8. The second-order valence-electron chi connectivity index (χ2n) is 9.11. The zero-order valence-corrected chi connectivity index (χ0v) is 19.6. The number of hydrogen-bond acceptors (Lipinski definition) is 9. The molecule has 37 heavy (non-hydrogen) atoms. The number of aromatic hydroxyl groups is 1. The standard InChI is InChI=1S/C27H23NO9/c1-3-11-8-13(36-2)4-5-14(11)15-6-7-16(29)19-22(31)21-18(37-23(15)19)10-12-9-17(30)20(26(28)34)24(32)27(12,35)25(21)33/h3-8,12,18,29,31-32,35H,1,9-10H2,2H3,(H2,28,34)/t12-,18+,27-/m1/s1. The number of methoxy groups -OCH3 is 1. The molecule has 1 aliphatic heterocycles. The van der Waals surface area contributed by atoms with E-state index in [1.54, 1.807) is 30.3 Å². The third kappa shape index (κ3) is 3.26. The highest BCUT2D eigenvalue weighted by Gasteiger charge is 2.61. The summed E-state index contributed by atoms with van der Waals surface area (Å²) in [6.07, 6.45) is -0.122. The van der Waals surface area contributed by atoms with E-state index in [2.05, 4.69) is 6.58 Å². The highest BCUT2D eigenvalue weighted by Crippen LogP contribution is 2.53. The average molecular weight is 505 g/mol. The molecule has 0 radical (unpaired) electrons. The van der Waals surface area contributed by atoms with Gasteiger partial charge in [-0.25, -0.2) is 0 Å². The number of nitrogens with two attached hydrogens (primary N) is 1. The number of aliphatic hydroxyl groups excluding tert-OH is 2. The normalized spacial score (nSPS) is 24.6. The maximum absolute atomic E-state index is 13.5. The van der Waals surface area contributed by atoms with Crippen molar-refractivity contribution >= 4 is 29.3 Å². The second-order valence-corrected chi connectivity index (χ2v) is 9.11. The number of aliphatic hydroxyl groups is 3. The Bertz CT molecular complexity index is 1480. The molecule has 0 bridgehead atoms. The summed E-state index contributed by atoms with van der Waals surface area (Å²) in [5, 5.41) is 43.8. The molecule has 1 saturated carbocycles. The lowest BCUT2D eigenvalue weighted by atomic mass is 9.63. The molecule has 0 spiro atoms. The summed E-state index contributed by atoms with van der Waals surface area (Å²) in [6.45, 7) is 3.83. The van der Waals surface area contributed by atoms with Crippen LogP contribution in [-0.4, -0.2) is 56.7 Å². The topological polar surface area (TPSA) is 177 Å². The number of ketones is 2. The van der Waals surface area contributed by atoms with Crippen LogP contribution in [0.3, 0.4) is 0 Å². The Labute approximate surface area is 210 Å². The third-order valence-corrected chi connectivity index (χ3v) is 7.21. The maximum Gasteiger partial charge on any atom is 0.255 e. The van der Waals surface area contributed by atoms with Crippen molar-refractivity contribution in [3.8, 4) is 28.4 Å². The SMILES string of the molecule is C=Cc1cc(OC)ccc1-c1ccc(O)c2c1O[C@H]1C[C@H]3CC(=O)C(C(N)=O)=C(O)[C@@]3(O)C(=O)C1=C2O. The fourth-order valence-electron chi connectivity index (χ4n) is 5.38. The van der Waals surface area contributed by atoms with Gasteiger partial charge in [0, 0.05) is 17.9 Å². The minimum absolute atomic E-state index is 0.0810. The van der Waals surface area contributed by atoms with Crippen LogP contribution in [0.25, 0.3) is 23.0 Å². The first-order valence-corrected chi connectivity index (χ1v) is 11.3. The van der Waals surface area contributed by atoms with Crippen LogP contribution in [0.4, 0.5) is 0 Å². The highest BCUT2D eigenvalue weighted by molar-refractivity contribution is 6.23. The van der Waals surface area contributed by atoms with Gasteiger partial charge in [0.15, 0.2) is 11.4 Å². The summed E-state index contributed by atoms with van der Waals surface area (Å²) < 4.78 is 11.4. The molecule has 0 unspecified atom stereocenters. The fourth-order valence-corrected chi connectivity index (χ4v) is 5.38. The van der Waals surface area contributed by atoms with E-state index in [1.165, 1.54) is 13.2 Å². The van der Waals surface area contributed by atoms with Gasteiger partial charge >= 0.3 is 0 Å². The number of ether oxygens (including phenoxy) is 2. The number of phenols is 1. The molecule has 1 fully saturated rings. The van der Waals surface area contributed by atoms with E-state index in [0.29, 0.717) is 22.4 Å². The Kier molecular flexibility index (Phi) is 5.38. The van der Waals surface area contributed by atoms with Crippen LogP contribution >= 0.6 is 0 Å². The number of primary amides is 1. The van der Waals surface area contributed by atoms with Gasteiger partial charge in [-0.3, -0.25) is 14.4 Å². The Hall–Kier alpha value is -4.57. The summed E-state index contributed by atoms with van der Waals surface area (Å²) >= 11 is 0. The van der Waals surface area contributed by atoms with Crippen LogP contribution in [0.5, 0.6) is 17.2 Å². The first-order valence-electron chi connectivity index (χ1n) is 11.3. The predicted molar refractivity (Wildman–Crippen MR) is 131 cm³/mol. The Balaban J connectivity index is 1.71. The number of rotatable bonds is 4. The number of hydrogen-bond donors (Lipinski definition) is 5. The Morgan fingerprint density at radius 3 is 2.54 bits per heavy atom. The number of amides is 1. The molecule has 10 nitrogen and oxygen atoms in total. The van der Waals surface area contributed by atoms with Crippen LogP contribution in [0.15, 0.2) is 53.8 Å². The van der Waals surface area contributed by atoms with E-state index in [4.69, 9.17) is 15.2 Å². The Morgan fingerprint density at radius 2 is 1.89 bits per heavy atom. The van der Waals surface area contributed by atoms with Gasteiger partial charge in [0.1, 0.15) is 46.0 Å². The molecule has 190 valence electrons. The van der Waals surface area contributed by atoms with E-state index in [0.717, 1.165) is 0 Å². The summed E-state index contributed by atoms with van der Waals surface area (Å²) in [6, 6.07) is 8.11. The average Bonchev–Trinajstić information content (AvgIpc) is 2.85. The largest absolute Gasteiger partial charge is 0.508 e. The van der Waals surface area contributed by atoms with Crippen molar-refractivity contribution in [2.45, 2.75) is 24.5 Å². The van der Waals surface area contributed by atoms with Crippen molar-refractivity contribution in [2.75, 3.05) is 7.11 Å². The fraction of sp³-hybridized carbons (Fsp3) is 0.222. The van der Waals surface area contributed by atoms with Crippen LogP contribution in [-0.2, 0) is 14.4 Å². The lowest BCUT2D eigenvalue weighted by molar-refractivity contribution is -0.149. The lowest BCUT2D eigenvalue weighted by Crippen LogP contribution is -2.59. The molecular formula is C27H23NO9. The molecule has 0 saturated heterocycles. The lowest BCUT2D eigenvalue weighted by Gasteiger charge is -2.45. The Morgan fingerprint density at radius 1 is 1.19 bits per heavy atom. The van der Waals surface area contributed by atoms with E-state index in [1.807, 2.05) is 0 Å². The molecule has 3 atom stereocenters. The predicted octanol–water partition coefficient (Wildman–Crippen LogP) is 2.33. The molecule has 1 amide bonds. The summed E-state index contributed by atoms with van der Waals surface area (Å²) in [4.78, 5) is 37.8. The van der Waals surface area contributed by atoms with Gasteiger partial charge in [0.25, 0.3) is 5.91 Å². The minimum Gasteiger partial charge on any atom is -0.508 e. The molecule has 2 aliphatic carbocycles. The minimum atomic E-state index is -2.67. The number of Topliss-reactive ketones (excluding diaryl/α,β-unsaturated/α-hetero) is 2. The van der Waals surface area contributed by atoms with Gasteiger partial charge in [-0.1, -0.05) is 12.7 Å². The van der Waals surface area contributed by atoms with Crippen molar-refractivity contribution in [2.24, 2.45) is 11.7 Å². The zero-order valence-electron chi connectivity index (χ0n) is 19.6. The van der Waals surface area contributed by atoms with Gasteiger partial charge in [-0.05, 0) is 47.9 Å². The number of carbonyl (C=O) groups excluding carboxylic acids is 3. The van der Waals surface area contributed by atoms with Crippen molar-refractivity contribution in [1.29, 1.82) is 0 Å². The van der Waals surface area contributed by atoms with Gasteiger partial charge in [-0.15, -0.1) is 0 Å². The quantitative estimate of drug-likeness (QED) is 0.390. The first kappa shape index (κ1) is 24.1. The van der Waals surface area contributed by atoms with Crippen LogP contribution in [0.1, 0.15) is 24.0 Å². The summed E-state index contributed by atoms with van der Waals surface area (Å²) in [7, 11) is 1.52. The number of fused-ring (bicyclic) bond motifs is 3. The van der Waals surface area contributed by atoms with Gasteiger partial charge in [0.2, 0.25) is 5.78 Å². The smallest absolute Gasteiger partial charge is 0.255 e. The first-order chi connectivity index (χ1) is 17.5. The molecule has 10 heteroatoms. The molecule has 2 aromatic carbocycles. The molecule has 3 aliphatic rings. The van der Waals surface area contributed by atoms with Crippen molar-refractivity contribution < 1.29 is 44.3 Å². The van der Waals surface area contributed by atoms with Gasteiger partial charge in [0.05, 0.1) is 12.7 Å². The summed E-state index contributed by atoms with van der Waals surface area (Å²) in [5.74, 6) is -5.93. The van der Waals surface area contributed by atoms with Crippen molar-refractivity contribution in [1.82, 2.24) is 0 Å². The van der Waals surface area contributed by atoms with E-state index < -0.39 is 69.9 Å². The summed E-state index contributed by atoms with van der Waals surface area (Å²) in [5.41, 5.74) is 2.87. The van der Waals surface area contributed by atoms with Crippen LogP contribution < -0.4 is 15.2 Å². The van der Waals surface area contributed by atoms with Crippen LogP contribution in [0, 0.1) is 5.92 Å². The van der Waals surface area contributed by atoms with E-state index >= 15 is 0 Å². The number of carbonyl (C=O) groups is 3. The van der Waals surface area contributed by atoms with E-state index in [-0.39, 0.29) is 17.7 Å². The van der Waals surface area contributed by atoms with Crippen LogP contribution in [0.2, 0.25) is 0 Å². The molecule has 6 N–H and O–H groups in total. The highest BCUT2D eigenvalue weighted by atomic mass is 16.5. The van der Waals surface area contributed by atoms with Gasteiger partial charge in [-0.2, -0.15) is 0 Å². The molecule has 2 aromatic rings. The number of benzene rings is 2. The molecule has 5 rings (SSSR count). The van der Waals surface area contributed by atoms with Gasteiger partial charge < -0.3 is 35.6 Å². The molecule has 1 heterocycles. The monoisotopic (exact) mass is 505 g/mol. The molecular weight excluding hydrogens is 482 g/mol. The van der Waals surface area contributed by atoms with Crippen molar-refractivity contribution in [3.05, 3.63) is 64.9 Å². The van der Waals surface area contributed by atoms with E-state index in [9.17, 15) is 34.8 Å². The third-order valence-electron chi connectivity index (χ3n) is 7.21. The van der Waals surface area contributed by atoms with Crippen molar-refractivity contribution in [3.63, 3.8) is 0 Å². The number of phenolic OH excluding ortho intramolecular Hbond substituents is 1. The second kappa shape index (κ2) is 8.24.